The summed E-state index contributed by atoms with van der Waals surface area (Å²) in [6, 6.07) is 16.0. The van der Waals surface area contributed by atoms with Gasteiger partial charge in [-0.3, -0.25) is 9.69 Å². The van der Waals surface area contributed by atoms with E-state index in [9.17, 15) is 4.79 Å². The molecule has 0 bridgehead atoms. The molecule has 1 heterocycles. The summed E-state index contributed by atoms with van der Waals surface area (Å²) in [4.78, 5) is 15.8. The molecule has 134 valence electrons. The van der Waals surface area contributed by atoms with Crippen LogP contribution < -0.4 is 4.74 Å². The van der Waals surface area contributed by atoms with E-state index in [2.05, 4.69) is 25.1 Å². The van der Waals surface area contributed by atoms with Crippen molar-refractivity contribution >= 4 is 29.3 Å². The zero-order valence-corrected chi connectivity index (χ0v) is 16.0. The summed E-state index contributed by atoms with van der Waals surface area (Å²) < 4.78 is 5.84. The van der Waals surface area contributed by atoms with Gasteiger partial charge in [-0.2, -0.15) is 0 Å². The number of rotatable bonds is 5. The number of aryl methyl sites for hydroxylation is 1. The van der Waals surface area contributed by atoms with E-state index in [1.54, 1.807) is 9.80 Å². The van der Waals surface area contributed by atoms with E-state index in [0.29, 0.717) is 24.0 Å². The highest BCUT2D eigenvalue weighted by atomic mass is 32.1. The van der Waals surface area contributed by atoms with Crippen LogP contribution in [0.4, 0.5) is 0 Å². The molecule has 1 amide bonds. The number of carbonyl (C=O) groups is 1. The van der Waals surface area contributed by atoms with Crippen molar-refractivity contribution in [2.45, 2.75) is 20.5 Å². The Hall–Kier alpha value is -2.66. The number of ether oxygens (including phenoxy) is 1. The fourth-order valence-corrected chi connectivity index (χ4v) is 3.19. The summed E-state index contributed by atoms with van der Waals surface area (Å²) in [5.74, 6) is 0.741. The lowest BCUT2D eigenvalue weighted by molar-refractivity contribution is -0.122. The van der Waals surface area contributed by atoms with Gasteiger partial charge >= 0.3 is 0 Å². The number of thiocarbonyl (C=S) groups is 1. The minimum Gasteiger partial charge on any atom is -0.489 e. The highest BCUT2D eigenvalue weighted by molar-refractivity contribution is 7.80. The van der Waals surface area contributed by atoms with Gasteiger partial charge in [-0.1, -0.05) is 42.0 Å². The van der Waals surface area contributed by atoms with Crippen LogP contribution in [0.2, 0.25) is 0 Å². The molecule has 0 aromatic heterocycles. The van der Waals surface area contributed by atoms with Crippen LogP contribution in [0.15, 0.2) is 54.2 Å². The molecule has 1 aliphatic heterocycles. The summed E-state index contributed by atoms with van der Waals surface area (Å²) in [6.07, 6.45) is 1.86. The van der Waals surface area contributed by atoms with Crippen LogP contribution in [0.25, 0.3) is 6.08 Å². The summed E-state index contributed by atoms with van der Waals surface area (Å²) in [7, 11) is 1.82. The summed E-state index contributed by atoms with van der Waals surface area (Å²) >= 11 is 5.31. The van der Waals surface area contributed by atoms with Crippen molar-refractivity contribution in [3.63, 3.8) is 0 Å². The molecular weight excluding hydrogens is 344 g/mol. The van der Waals surface area contributed by atoms with Gasteiger partial charge in [0.05, 0.1) is 0 Å². The first-order valence-electron chi connectivity index (χ1n) is 8.59. The third-order valence-electron chi connectivity index (χ3n) is 4.33. The number of amides is 1. The number of benzene rings is 2. The molecular formula is C21H22N2O2S. The fraction of sp³-hybridized carbons (Fsp3) is 0.238. The van der Waals surface area contributed by atoms with Crippen LogP contribution in [0.5, 0.6) is 5.75 Å². The molecule has 0 spiro atoms. The lowest BCUT2D eigenvalue weighted by Crippen LogP contribution is -2.30. The first-order chi connectivity index (χ1) is 12.5. The summed E-state index contributed by atoms with van der Waals surface area (Å²) in [5, 5.41) is 0.543. The number of likely N-dealkylation sites (N-methyl/N-ethyl adjacent to an activating group) is 2. The second kappa shape index (κ2) is 7.70. The molecule has 1 saturated heterocycles. The predicted molar refractivity (Wildman–Crippen MR) is 108 cm³/mol. The van der Waals surface area contributed by atoms with Crippen molar-refractivity contribution in [2.75, 3.05) is 13.6 Å². The number of hydrogen-bond donors (Lipinski definition) is 0. The van der Waals surface area contributed by atoms with E-state index in [1.807, 2.05) is 50.4 Å². The van der Waals surface area contributed by atoms with Gasteiger partial charge < -0.3 is 9.64 Å². The van der Waals surface area contributed by atoms with Gasteiger partial charge in [-0.05, 0) is 55.4 Å². The molecule has 0 saturated carbocycles. The molecule has 2 aromatic rings. The normalized spacial score (nSPS) is 15.9. The maximum atomic E-state index is 12.4. The van der Waals surface area contributed by atoms with Gasteiger partial charge in [-0.15, -0.1) is 0 Å². The quantitative estimate of drug-likeness (QED) is 0.592. The number of hydrogen-bond acceptors (Lipinski definition) is 3. The molecule has 2 aromatic carbocycles. The minimum atomic E-state index is -0.0558. The Bertz CT molecular complexity index is 859. The standard InChI is InChI=1S/C21H22N2O2S/c1-4-23-20(24)19(22(3)21(23)26)13-16-8-10-18(11-9-16)25-14-17-7-5-6-15(2)12-17/h5-13H,4,14H2,1-3H3/b19-13-. The smallest absolute Gasteiger partial charge is 0.276 e. The van der Waals surface area contributed by atoms with Crippen LogP contribution in [0.3, 0.4) is 0 Å². The third-order valence-corrected chi connectivity index (χ3v) is 4.83. The Labute approximate surface area is 159 Å². The van der Waals surface area contributed by atoms with Gasteiger partial charge in [0.25, 0.3) is 5.91 Å². The molecule has 26 heavy (non-hydrogen) atoms. The topological polar surface area (TPSA) is 32.8 Å². The second-order valence-corrected chi connectivity index (χ2v) is 6.63. The third kappa shape index (κ3) is 3.78. The minimum absolute atomic E-state index is 0.0558. The average molecular weight is 366 g/mol. The second-order valence-electron chi connectivity index (χ2n) is 6.27. The van der Waals surface area contributed by atoms with Crippen LogP contribution >= 0.6 is 12.2 Å². The largest absolute Gasteiger partial charge is 0.489 e. The molecule has 5 heteroatoms. The highest BCUT2D eigenvalue weighted by Crippen LogP contribution is 2.23. The maximum absolute atomic E-state index is 12.4. The van der Waals surface area contributed by atoms with Crippen LogP contribution in [-0.2, 0) is 11.4 Å². The highest BCUT2D eigenvalue weighted by Gasteiger charge is 2.34. The lowest BCUT2D eigenvalue weighted by Gasteiger charge is -2.13. The molecule has 1 aliphatic rings. The molecule has 0 unspecified atom stereocenters. The average Bonchev–Trinajstić information content (AvgIpc) is 2.84. The van der Waals surface area contributed by atoms with Gasteiger partial charge in [-0.25, -0.2) is 0 Å². The summed E-state index contributed by atoms with van der Waals surface area (Å²) in [5.41, 5.74) is 3.88. The van der Waals surface area contributed by atoms with Crippen molar-refractivity contribution < 1.29 is 9.53 Å². The van der Waals surface area contributed by atoms with E-state index in [1.165, 1.54) is 5.56 Å². The fourth-order valence-electron chi connectivity index (χ4n) is 2.88. The zero-order valence-electron chi connectivity index (χ0n) is 15.2. The van der Waals surface area contributed by atoms with Crippen molar-refractivity contribution in [1.82, 2.24) is 9.80 Å². The van der Waals surface area contributed by atoms with E-state index in [-0.39, 0.29) is 5.91 Å². The Morgan fingerprint density at radius 3 is 2.50 bits per heavy atom. The summed E-state index contributed by atoms with van der Waals surface area (Å²) in [6.45, 7) is 5.09. The van der Waals surface area contributed by atoms with Crippen LogP contribution in [-0.4, -0.2) is 34.4 Å². The number of nitrogens with zero attached hydrogens (tertiary/aromatic N) is 2. The van der Waals surface area contributed by atoms with Crippen molar-refractivity contribution in [1.29, 1.82) is 0 Å². The molecule has 0 aliphatic carbocycles. The Morgan fingerprint density at radius 1 is 1.15 bits per heavy atom. The Kier molecular flexibility index (Phi) is 5.38. The first kappa shape index (κ1) is 18.1. The van der Waals surface area contributed by atoms with Crippen molar-refractivity contribution in [2.24, 2.45) is 0 Å². The Balaban J connectivity index is 1.70. The van der Waals surface area contributed by atoms with Crippen LogP contribution in [0.1, 0.15) is 23.6 Å². The van der Waals surface area contributed by atoms with Gasteiger partial charge in [0.2, 0.25) is 0 Å². The molecule has 0 N–H and O–H groups in total. The van der Waals surface area contributed by atoms with Gasteiger partial charge in [0.15, 0.2) is 5.11 Å². The lowest BCUT2D eigenvalue weighted by atomic mass is 10.1. The molecule has 0 radical (unpaired) electrons. The van der Waals surface area contributed by atoms with Crippen molar-refractivity contribution in [3.8, 4) is 5.75 Å². The van der Waals surface area contributed by atoms with Gasteiger partial charge in [0.1, 0.15) is 18.1 Å². The SMILES string of the molecule is CCN1C(=O)/C(=C/c2ccc(OCc3cccc(C)c3)cc2)N(C)C1=S. The van der Waals surface area contributed by atoms with Crippen molar-refractivity contribution in [3.05, 3.63) is 70.9 Å². The first-order valence-corrected chi connectivity index (χ1v) is 9.00. The van der Waals surface area contributed by atoms with E-state index < -0.39 is 0 Å². The number of carbonyl (C=O) groups excluding carboxylic acids is 1. The van der Waals surface area contributed by atoms with E-state index >= 15 is 0 Å². The van der Waals surface area contributed by atoms with Gasteiger partial charge in [0, 0.05) is 13.6 Å². The maximum Gasteiger partial charge on any atom is 0.276 e. The Morgan fingerprint density at radius 2 is 1.88 bits per heavy atom. The van der Waals surface area contributed by atoms with Crippen LogP contribution in [0, 0.1) is 6.92 Å². The molecule has 0 atom stereocenters. The van der Waals surface area contributed by atoms with E-state index in [4.69, 9.17) is 17.0 Å². The molecule has 1 fully saturated rings. The van der Waals surface area contributed by atoms with E-state index in [0.717, 1.165) is 16.9 Å². The zero-order chi connectivity index (χ0) is 18.7. The monoisotopic (exact) mass is 366 g/mol. The predicted octanol–water partition coefficient (Wildman–Crippen LogP) is 3.99. The molecule has 4 nitrogen and oxygen atoms in total. The molecule has 3 rings (SSSR count).